The summed E-state index contributed by atoms with van der Waals surface area (Å²) in [7, 11) is 2.91. The molecule has 2 aromatic heterocycles. The molecule has 162 valence electrons. The van der Waals surface area contributed by atoms with Gasteiger partial charge in [-0.25, -0.2) is 4.98 Å². The lowest BCUT2D eigenvalue weighted by Gasteiger charge is -2.11. The van der Waals surface area contributed by atoms with Crippen LogP contribution in [0.1, 0.15) is 10.4 Å². The minimum Gasteiger partial charge on any atom is -0.493 e. The molecule has 2 heterocycles. The zero-order chi connectivity index (χ0) is 22.4. The number of methoxy groups -OCH3 is 2. The molecule has 1 aromatic carbocycles. The third-order valence-corrected chi connectivity index (χ3v) is 4.73. The van der Waals surface area contributed by atoms with Gasteiger partial charge in [0, 0.05) is 11.6 Å². The van der Waals surface area contributed by atoms with Crippen LogP contribution < -0.4 is 31.4 Å². The number of benzene rings is 1. The molecule has 0 aliphatic heterocycles. The Hall–Kier alpha value is -4.00. The van der Waals surface area contributed by atoms with Gasteiger partial charge in [-0.2, -0.15) is 0 Å². The van der Waals surface area contributed by atoms with Crippen molar-refractivity contribution in [3.05, 3.63) is 46.4 Å². The highest BCUT2D eigenvalue weighted by molar-refractivity contribution is 7.99. The van der Waals surface area contributed by atoms with Crippen LogP contribution in [-0.2, 0) is 4.79 Å². The standard InChI is InChI=1S/C18H18N6O6S/c1-28-10-4-3-9(7-11(10)29-2)16(26)21-14-15(19)22-18(23-17(14)27)31-8-13(25)20-12-5-6-30-24-12/h3-7H,8H2,1-2H3,(H,21,26)(H,20,24,25)(H3,19,22,23,27). The van der Waals surface area contributed by atoms with Gasteiger partial charge in [-0.1, -0.05) is 16.9 Å². The molecule has 0 saturated carbocycles. The van der Waals surface area contributed by atoms with E-state index in [0.717, 1.165) is 11.8 Å². The average molecular weight is 446 g/mol. The number of nitrogens with two attached hydrogens (primary N) is 1. The zero-order valence-corrected chi connectivity index (χ0v) is 17.2. The molecule has 2 amide bonds. The summed E-state index contributed by atoms with van der Waals surface area (Å²) in [6.45, 7) is 0. The number of nitrogens with one attached hydrogen (secondary N) is 3. The number of aromatic amines is 1. The maximum absolute atomic E-state index is 12.5. The minimum absolute atomic E-state index is 0.0629. The van der Waals surface area contributed by atoms with E-state index in [2.05, 4.69) is 30.3 Å². The molecule has 0 saturated heterocycles. The van der Waals surface area contributed by atoms with Crippen molar-refractivity contribution in [2.24, 2.45) is 0 Å². The molecule has 13 heteroatoms. The molecule has 3 aromatic rings. The summed E-state index contributed by atoms with van der Waals surface area (Å²) < 4.78 is 14.9. The number of nitrogen functional groups attached to an aromatic ring is 1. The summed E-state index contributed by atoms with van der Waals surface area (Å²) in [5.41, 5.74) is 5.18. The Balaban J connectivity index is 1.68. The number of carbonyl (C=O) groups is 2. The first-order valence-electron chi connectivity index (χ1n) is 8.67. The van der Waals surface area contributed by atoms with Gasteiger partial charge in [0.25, 0.3) is 11.5 Å². The number of hydrogen-bond acceptors (Lipinski definition) is 10. The second-order valence-corrected chi connectivity index (χ2v) is 6.84. The summed E-state index contributed by atoms with van der Waals surface area (Å²) in [5.74, 6) is -0.167. The molecule has 12 nitrogen and oxygen atoms in total. The first-order chi connectivity index (χ1) is 14.9. The van der Waals surface area contributed by atoms with Gasteiger partial charge in [0.1, 0.15) is 12.0 Å². The quantitative estimate of drug-likeness (QED) is 0.292. The van der Waals surface area contributed by atoms with Crippen molar-refractivity contribution in [1.82, 2.24) is 15.1 Å². The predicted molar refractivity (Wildman–Crippen MR) is 113 cm³/mol. The van der Waals surface area contributed by atoms with Crippen LogP contribution in [0, 0.1) is 0 Å². The van der Waals surface area contributed by atoms with Gasteiger partial charge >= 0.3 is 0 Å². The van der Waals surface area contributed by atoms with Crippen LogP contribution in [0.3, 0.4) is 0 Å². The van der Waals surface area contributed by atoms with Crippen LogP contribution in [0.5, 0.6) is 11.5 Å². The first kappa shape index (κ1) is 21.7. The van der Waals surface area contributed by atoms with E-state index in [1.807, 2.05) is 0 Å². The van der Waals surface area contributed by atoms with Crippen molar-refractivity contribution in [2.45, 2.75) is 5.16 Å². The molecule has 0 fully saturated rings. The molecule has 0 unspecified atom stereocenters. The maximum Gasteiger partial charge on any atom is 0.277 e. The van der Waals surface area contributed by atoms with Crippen molar-refractivity contribution in [2.75, 3.05) is 36.3 Å². The largest absolute Gasteiger partial charge is 0.493 e. The Morgan fingerprint density at radius 3 is 2.61 bits per heavy atom. The summed E-state index contributed by atoms with van der Waals surface area (Å²) in [5, 5.41) is 8.61. The molecule has 31 heavy (non-hydrogen) atoms. The Morgan fingerprint density at radius 1 is 1.19 bits per heavy atom. The van der Waals surface area contributed by atoms with Crippen molar-refractivity contribution in [3.63, 3.8) is 0 Å². The maximum atomic E-state index is 12.5. The molecule has 0 atom stereocenters. The highest BCUT2D eigenvalue weighted by Gasteiger charge is 2.16. The number of H-pyrrole nitrogens is 1. The van der Waals surface area contributed by atoms with Crippen LogP contribution >= 0.6 is 11.8 Å². The highest BCUT2D eigenvalue weighted by atomic mass is 32.2. The first-order valence-corrected chi connectivity index (χ1v) is 9.66. The number of hydrogen-bond donors (Lipinski definition) is 4. The Labute approximate surface area is 179 Å². The van der Waals surface area contributed by atoms with E-state index in [9.17, 15) is 14.4 Å². The normalized spacial score (nSPS) is 10.4. The van der Waals surface area contributed by atoms with Gasteiger partial charge in [-0.3, -0.25) is 19.4 Å². The lowest BCUT2D eigenvalue weighted by molar-refractivity contribution is -0.113. The minimum atomic E-state index is -0.666. The van der Waals surface area contributed by atoms with E-state index in [4.69, 9.17) is 15.2 Å². The Bertz CT molecular complexity index is 1150. The molecular weight excluding hydrogens is 428 g/mol. The summed E-state index contributed by atoms with van der Waals surface area (Å²) in [4.78, 5) is 43.3. The fraction of sp³-hybridized carbons (Fsp3) is 0.167. The number of amides is 2. The van der Waals surface area contributed by atoms with Gasteiger partial charge in [0.05, 0.1) is 20.0 Å². The van der Waals surface area contributed by atoms with Crippen molar-refractivity contribution in [1.29, 1.82) is 0 Å². The highest BCUT2D eigenvalue weighted by Crippen LogP contribution is 2.28. The van der Waals surface area contributed by atoms with Gasteiger partial charge in [-0.05, 0) is 18.2 Å². The lowest BCUT2D eigenvalue weighted by Crippen LogP contribution is -2.23. The molecule has 0 aliphatic carbocycles. The van der Waals surface area contributed by atoms with Crippen LogP contribution in [0.15, 0.2) is 45.0 Å². The van der Waals surface area contributed by atoms with Gasteiger partial charge in [-0.15, -0.1) is 0 Å². The predicted octanol–water partition coefficient (Wildman–Crippen LogP) is 1.34. The average Bonchev–Trinajstić information content (AvgIpc) is 3.27. The van der Waals surface area contributed by atoms with E-state index in [1.54, 1.807) is 6.07 Å². The summed E-state index contributed by atoms with van der Waals surface area (Å²) in [6.07, 6.45) is 1.32. The smallest absolute Gasteiger partial charge is 0.277 e. The summed E-state index contributed by atoms with van der Waals surface area (Å²) in [6, 6.07) is 6.01. The zero-order valence-electron chi connectivity index (χ0n) is 16.4. The van der Waals surface area contributed by atoms with Gasteiger partial charge in [0.15, 0.2) is 28.3 Å². The number of nitrogens with zero attached hydrogens (tertiary/aromatic N) is 2. The SMILES string of the molecule is COc1ccc(C(=O)Nc2c(N)nc(SCC(=O)Nc3ccon3)[nH]c2=O)cc1OC. The topological polar surface area (TPSA) is 174 Å². The van der Waals surface area contributed by atoms with Crippen LogP contribution in [0.2, 0.25) is 0 Å². The van der Waals surface area contributed by atoms with Crippen LogP contribution in [0.4, 0.5) is 17.3 Å². The third-order valence-electron chi connectivity index (χ3n) is 3.86. The molecular formula is C18H18N6O6S. The van der Waals surface area contributed by atoms with Crippen molar-refractivity contribution < 1.29 is 23.6 Å². The summed E-state index contributed by atoms with van der Waals surface area (Å²) >= 11 is 0.951. The molecule has 0 spiro atoms. The van der Waals surface area contributed by atoms with Gasteiger partial charge in [0.2, 0.25) is 5.91 Å². The second-order valence-electron chi connectivity index (χ2n) is 5.88. The molecule has 0 radical (unpaired) electrons. The van der Waals surface area contributed by atoms with E-state index in [1.165, 1.54) is 38.7 Å². The molecule has 0 bridgehead atoms. The monoisotopic (exact) mass is 446 g/mol. The molecule has 0 aliphatic rings. The third kappa shape index (κ3) is 5.33. The van der Waals surface area contributed by atoms with Gasteiger partial charge < -0.3 is 30.4 Å². The van der Waals surface area contributed by atoms with Crippen molar-refractivity contribution >= 4 is 40.9 Å². The number of rotatable bonds is 8. The van der Waals surface area contributed by atoms with E-state index in [0.29, 0.717) is 11.5 Å². The number of ether oxygens (including phenoxy) is 2. The molecule has 5 N–H and O–H groups in total. The van der Waals surface area contributed by atoms with E-state index >= 15 is 0 Å². The number of anilines is 3. The fourth-order valence-electron chi connectivity index (χ4n) is 2.41. The van der Waals surface area contributed by atoms with Crippen LogP contribution in [0.25, 0.3) is 0 Å². The number of carbonyl (C=O) groups excluding carboxylic acids is 2. The Kier molecular flexibility index (Phi) is 6.77. The van der Waals surface area contributed by atoms with Crippen molar-refractivity contribution in [3.8, 4) is 11.5 Å². The number of aromatic nitrogens is 3. The van der Waals surface area contributed by atoms with E-state index in [-0.39, 0.29) is 39.7 Å². The van der Waals surface area contributed by atoms with E-state index < -0.39 is 11.5 Å². The second kappa shape index (κ2) is 9.67. The lowest BCUT2D eigenvalue weighted by atomic mass is 10.2. The Morgan fingerprint density at radius 2 is 1.97 bits per heavy atom. The molecule has 3 rings (SSSR count). The fourth-order valence-corrected chi connectivity index (χ4v) is 3.08. The van der Waals surface area contributed by atoms with Crippen LogP contribution in [-0.4, -0.2) is 46.9 Å². The number of thioether (sulfide) groups is 1.